The summed E-state index contributed by atoms with van der Waals surface area (Å²) in [5.41, 5.74) is 3.36. The number of rotatable bonds is 5. The standard InChI is InChI=1S/C20H22N2O2/c1-15-7-5-6-10-17(15)12-21-20(24)18-11-19(23)22(14-18)13-16-8-3-2-4-9-16/h2-10,18H,11-14H2,1H3,(H,21,24)/t18-/m1/s1. The molecule has 1 fully saturated rings. The van der Waals surface area contributed by atoms with Gasteiger partial charge in [-0.1, -0.05) is 54.6 Å². The summed E-state index contributed by atoms with van der Waals surface area (Å²) in [7, 11) is 0. The summed E-state index contributed by atoms with van der Waals surface area (Å²) in [4.78, 5) is 26.3. The van der Waals surface area contributed by atoms with E-state index in [2.05, 4.69) is 5.32 Å². The molecule has 1 saturated heterocycles. The van der Waals surface area contributed by atoms with Crippen molar-refractivity contribution in [1.82, 2.24) is 10.2 Å². The highest BCUT2D eigenvalue weighted by Crippen LogP contribution is 2.20. The van der Waals surface area contributed by atoms with Gasteiger partial charge in [-0.2, -0.15) is 0 Å². The van der Waals surface area contributed by atoms with Crippen LogP contribution in [0.5, 0.6) is 0 Å². The van der Waals surface area contributed by atoms with Gasteiger partial charge in [-0.25, -0.2) is 0 Å². The molecule has 1 N–H and O–H groups in total. The fourth-order valence-electron chi connectivity index (χ4n) is 3.04. The summed E-state index contributed by atoms with van der Waals surface area (Å²) in [6, 6.07) is 17.9. The molecular weight excluding hydrogens is 300 g/mol. The molecule has 3 rings (SSSR count). The fraction of sp³-hybridized carbons (Fsp3) is 0.300. The Labute approximate surface area is 142 Å². The fourth-order valence-corrected chi connectivity index (χ4v) is 3.04. The number of carbonyl (C=O) groups is 2. The number of aryl methyl sites for hydroxylation is 1. The first-order valence-electron chi connectivity index (χ1n) is 8.27. The van der Waals surface area contributed by atoms with Crippen LogP contribution in [0, 0.1) is 12.8 Å². The number of amides is 2. The molecule has 4 nitrogen and oxygen atoms in total. The lowest BCUT2D eigenvalue weighted by Crippen LogP contribution is -2.32. The Morgan fingerprint density at radius 3 is 2.58 bits per heavy atom. The van der Waals surface area contributed by atoms with Crippen molar-refractivity contribution in [3.8, 4) is 0 Å². The molecule has 124 valence electrons. The lowest BCUT2D eigenvalue weighted by atomic mass is 10.1. The van der Waals surface area contributed by atoms with Gasteiger partial charge in [0.2, 0.25) is 11.8 Å². The molecule has 0 unspecified atom stereocenters. The van der Waals surface area contributed by atoms with E-state index in [4.69, 9.17) is 0 Å². The van der Waals surface area contributed by atoms with Gasteiger partial charge in [0.15, 0.2) is 0 Å². The van der Waals surface area contributed by atoms with Crippen LogP contribution in [0.25, 0.3) is 0 Å². The number of hydrogen-bond acceptors (Lipinski definition) is 2. The lowest BCUT2D eigenvalue weighted by Gasteiger charge is -2.17. The summed E-state index contributed by atoms with van der Waals surface area (Å²) in [5.74, 6) is -0.248. The summed E-state index contributed by atoms with van der Waals surface area (Å²) in [5, 5.41) is 2.97. The van der Waals surface area contributed by atoms with Crippen LogP contribution >= 0.6 is 0 Å². The van der Waals surface area contributed by atoms with Crippen molar-refractivity contribution in [2.75, 3.05) is 6.54 Å². The molecule has 1 heterocycles. The predicted octanol–water partition coefficient (Wildman–Crippen LogP) is 2.66. The Morgan fingerprint density at radius 1 is 1.12 bits per heavy atom. The van der Waals surface area contributed by atoms with Crippen molar-refractivity contribution >= 4 is 11.8 Å². The van der Waals surface area contributed by atoms with Crippen LogP contribution in [0.3, 0.4) is 0 Å². The van der Waals surface area contributed by atoms with Crippen LogP contribution in [0.2, 0.25) is 0 Å². The van der Waals surface area contributed by atoms with Crippen molar-refractivity contribution in [1.29, 1.82) is 0 Å². The highest BCUT2D eigenvalue weighted by Gasteiger charge is 2.34. The summed E-state index contributed by atoms with van der Waals surface area (Å²) < 4.78 is 0. The monoisotopic (exact) mass is 322 g/mol. The van der Waals surface area contributed by atoms with E-state index in [9.17, 15) is 9.59 Å². The average molecular weight is 322 g/mol. The number of benzene rings is 2. The maximum absolute atomic E-state index is 12.4. The van der Waals surface area contributed by atoms with E-state index in [1.165, 1.54) is 0 Å². The Kier molecular flexibility index (Phi) is 4.94. The highest BCUT2D eigenvalue weighted by molar-refractivity contribution is 5.89. The molecule has 1 aliphatic rings. The summed E-state index contributed by atoms with van der Waals surface area (Å²) >= 11 is 0. The molecule has 0 radical (unpaired) electrons. The molecule has 0 bridgehead atoms. The maximum atomic E-state index is 12.4. The van der Waals surface area contributed by atoms with Crippen LogP contribution in [0.15, 0.2) is 54.6 Å². The molecule has 2 amide bonds. The maximum Gasteiger partial charge on any atom is 0.225 e. The number of nitrogens with zero attached hydrogens (tertiary/aromatic N) is 1. The molecular formula is C20H22N2O2. The first-order valence-corrected chi connectivity index (χ1v) is 8.27. The SMILES string of the molecule is Cc1ccccc1CNC(=O)[C@@H]1CC(=O)N(Cc2ccccc2)C1. The molecule has 0 aliphatic carbocycles. The molecule has 0 spiro atoms. The van der Waals surface area contributed by atoms with Gasteiger partial charge in [0.1, 0.15) is 0 Å². The Balaban J connectivity index is 1.55. The Hall–Kier alpha value is -2.62. The number of carbonyl (C=O) groups excluding carboxylic acids is 2. The van der Waals surface area contributed by atoms with Crippen LogP contribution in [-0.4, -0.2) is 23.3 Å². The van der Waals surface area contributed by atoms with Crippen molar-refractivity contribution in [2.24, 2.45) is 5.92 Å². The van der Waals surface area contributed by atoms with Gasteiger partial charge < -0.3 is 10.2 Å². The van der Waals surface area contributed by atoms with Gasteiger partial charge in [-0.05, 0) is 23.6 Å². The average Bonchev–Trinajstić information content (AvgIpc) is 2.96. The minimum absolute atomic E-state index is 0.0397. The van der Waals surface area contributed by atoms with Gasteiger partial charge in [0.05, 0.1) is 5.92 Å². The number of hydrogen-bond donors (Lipinski definition) is 1. The van der Waals surface area contributed by atoms with Gasteiger partial charge in [-0.15, -0.1) is 0 Å². The molecule has 1 atom stereocenters. The van der Waals surface area contributed by atoms with Crippen LogP contribution in [-0.2, 0) is 22.7 Å². The van der Waals surface area contributed by atoms with E-state index >= 15 is 0 Å². The van der Waals surface area contributed by atoms with Gasteiger partial charge in [0.25, 0.3) is 0 Å². The van der Waals surface area contributed by atoms with Crippen molar-refractivity contribution in [3.63, 3.8) is 0 Å². The molecule has 0 aromatic heterocycles. The van der Waals surface area contributed by atoms with E-state index in [1.54, 1.807) is 4.90 Å². The lowest BCUT2D eigenvalue weighted by molar-refractivity contribution is -0.129. The minimum atomic E-state index is -0.259. The Bertz CT molecular complexity index is 727. The molecule has 0 saturated carbocycles. The largest absolute Gasteiger partial charge is 0.352 e. The zero-order chi connectivity index (χ0) is 16.9. The van der Waals surface area contributed by atoms with Gasteiger partial charge in [-0.3, -0.25) is 9.59 Å². The first-order chi connectivity index (χ1) is 11.6. The van der Waals surface area contributed by atoms with E-state index in [1.807, 2.05) is 61.5 Å². The first kappa shape index (κ1) is 16.2. The molecule has 24 heavy (non-hydrogen) atoms. The number of nitrogens with one attached hydrogen (secondary N) is 1. The van der Waals surface area contributed by atoms with Crippen molar-refractivity contribution < 1.29 is 9.59 Å². The normalized spacial score (nSPS) is 17.1. The van der Waals surface area contributed by atoms with Crippen molar-refractivity contribution in [3.05, 3.63) is 71.3 Å². The Morgan fingerprint density at radius 2 is 1.83 bits per heavy atom. The number of likely N-dealkylation sites (tertiary alicyclic amines) is 1. The topological polar surface area (TPSA) is 49.4 Å². The second kappa shape index (κ2) is 7.30. The molecule has 1 aliphatic heterocycles. The zero-order valence-electron chi connectivity index (χ0n) is 13.9. The van der Waals surface area contributed by atoms with Crippen LogP contribution in [0.1, 0.15) is 23.1 Å². The van der Waals surface area contributed by atoms with E-state index in [-0.39, 0.29) is 17.7 Å². The second-order valence-electron chi connectivity index (χ2n) is 6.31. The van der Waals surface area contributed by atoms with E-state index < -0.39 is 0 Å². The molecule has 4 heteroatoms. The third-order valence-corrected chi connectivity index (χ3v) is 4.52. The van der Waals surface area contributed by atoms with E-state index in [0.29, 0.717) is 26.1 Å². The summed E-state index contributed by atoms with van der Waals surface area (Å²) in [6.45, 7) is 3.60. The highest BCUT2D eigenvalue weighted by atomic mass is 16.2. The van der Waals surface area contributed by atoms with Crippen LogP contribution < -0.4 is 5.32 Å². The molecule has 2 aromatic carbocycles. The van der Waals surface area contributed by atoms with E-state index in [0.717, 1.165) is 16.7 Å². The minimum Gasteiger partial charge on any atom is -0.352 e. The predicted molar refractivity (Wildman–Crippen MR) is 93.0 cm³/mol. The van der Waals surface area contributed by atoms with Gasteiger partial charge in [0, 0.05) is 26.1 Å². The zero-order valence-corrected chi connectivity index (χ0v) is 13.9. The third kappa shape index (κ3) is 3.82. The third-order valence-electron chi connectivity index (χ3n) is 4.52. The quantitative estimate of drug-likeness (QED) is 0.920. The smallest absolute Gasteiger partial charge is 0.225 e. The summed E-state index contributed by atoms with van der Waals surface area (Å²) in [6.07, 6.45) is 0.298. The van der Waals surface area contributed by atoms with Gasteiger partial charge >= 0.3 is 0 Å². The second-order valence-corrected chi connectivity index (χ2v) is 6.31. The molecule has 2 aromatic rings. The van der Waals surface area contributed by atoms with Crippen LogP contribution in [0.4, 0.5) is 0 Å². The van der Waals surface area contributed by atoms with Crippen molar-refractivity contribution in [2.45, 2.75) is 26.4 Å².